The third kappa shape index (κ3) is 7.58. The van der Waals surface area contributed by atoms with Crippen LogP contribution in [-0.4, -0.2) is 37.4 Å². The van der Waals surface area contributed by atoms with Crippen LogP contribution in [0.25, 0.3) is 0 Å². The van der Waals surface area contributed by atoms with E-state index in [1.807, 2.05) is 45.0 Å². The van der Waals surface area contributed by atoms with E-state index in [-0.39, 0.29) is 23.7 Å². The molecule has 1 aliphatic rings. The van der Waals surface area contributed by atoms with Gasteiger partial charge in [0.05, 0.1) is 6.54 Å². The van der Waals surface area contributed by atoms with E-state index < -0.39 is 0 Å². The first-order chi connectivity index (χ1) is 13.5. The summed E-state index contributed by atoms with van der Waals surface area (Å²) in [5.74, 6) is 1.12. The molecule has 4 N–H and O–H groups in total. The molecule has 0 saturated heterocycles. The van der Waals surface area contributed by atoms with Gasteiger partial charge in [-0.25, -0.2) is 4.99 Å². The number of benzene rings is 1. The van der Waals surface area contributed by atoms with Gasteiger partial charge in [0.2, 0.25) is 11.8 Å². The summed E-state index contributed by atoms with van der Waals surface area (Å²) in [7, 11) is 0. The largest absolute Gasteiger partial charge is 0.357 e. The van der Waals surface area contributed by atoms with Gasteiger partial charge in [-0.1, -0.05) is 26.0 Å². The van der Waals surface area contributed by atoms with Crippen LogP contribution in [-0.2, 0) is 16.1 Å². The Morgan fingerprint density at radius 3 is 2.57 bits per heavy atom. The van der Waals surface area contributed by atoms with Crippen LogP contribution in [0.1, 0.15) is 45.6 Å². The van der Waals surface area contributed by atoms with Gasteiger partial charge in [0.1, 0.15) is 0 Å². The summed E-state index contributed by atoms with van der Waals surface area (Å²) in [5, 5.41) is 12.3. The molecule has 7 heteroatoms. The molecule has 0 heterocycles. The molecule has 0 radical (unpaired) electrons. The molecule has 154 valence electrons. The van der Waals surface area contributed by atoms with E-state index >= 15 is 0 Å². The van der Waals surface area contributed by atoms with Gasteiger partial charge in [0, 0.05) is 37.2 Å². The Hall–Kier alpha value is -2.57. The normalized spacial score (nSPS) is 14.9. The number of amides is 2. The molecule has 1 fully saturated rings. The molecule has 0 spiro atoms. The first-order valence-corrected chi connectivity index (χ1v) is 10.2. The molecule has 1 aromatic carbocycles. The van der Waals surface area contributed by atoms with Crippen molar-refractivity contribution in [2.45, 2.75) is 46.6 Å². The average molecular weight is 388 g/mol. The highest BCUT2D eigenvalue weighted by Gasteiger charge is 2.28. The maximum absolute atomic E-state index is 12.1. The molecule has 0 aromatic heterocycles. The fourth-order valence-electron chi connectivity index (χ4n) is 2.57. The Morgan fingerprint density at radius 1 is 1.14 bits per heavy atom. The van der Waals surface area contributed by atoms with Crippen LogP contribution in [0.15, 0.2) is 29.3 Å². The minimum atomic E-state index is -0.00774. The van der Waals surface area contributed by atoms with Crippen LogP contribution in [0.4, 0.5) is 5.69 Å². The van der Waals surface area contributed by atoms with Gasteiger partial charge in [-0.2, -0.15) is 0 Å². The van der Waals surface area contributed by atoms with Crippen molar-refractivity contribution in [1.29, 1.82) is 0 Å². The number of guanidine groups is 1. The number of anilines is 1. The van der Waals surface area contributed by atoms with E-state index in [0.717, 1.165) is 37.1 Å². The predicted octanol–water partition coefficient (Wildman–Crippen LogP) is 2.25. The van der Waals surface area contributed by atoms with Gasteiger partial charge in [-0.15, -0.1) is 0 Å². The van der Waals surface area contributed by atoms with Crippen LogP contribution in [0.5, 0.6) is 0 Å². The van der Waals surface area contributed by atoms with Gasteiger partial charge < -0.3 is 21.3 Å². The second-order valence-corrected chi connectivity index (χ2v) is 7.19. The minimum absolute atomic E-state index is 0.00774. The zero-order chi connectivity index (χ0) is 20.4. The quantitative estimate of drug-likeness (QED) is 0.281. The monoisotopic (exact) mass is 387 g/mol. The zero-order valence-corrected chi connectivity index (χ0v) is 17.2. The molecular weight excluding hydrogens is 354 g/mol. The zero-order valence-electron chi connectivity index (χ0n) is 17.2. The highest BCUT2D eigenvalue weighted by atomic mass is 16.2. The number of hydrogen-bond acceptors (Lipinski definition) is 3. The number of hydrogen-bond donors (Lipinski definition) is 4. The maximum Gasteiger partial charge on any atom is 0.227 e. The second-order valence-electron chi connectivity index (χ2n) is 7.19. The highest BCUT2D eigenvalue weighted by Crippen LogP contribution is 2.28. The average Bonchev–Trinajstić information content (AvgIpc) is 3.54. The SMILES string of the molecule is CCNC(=NCc1cccc(NC(=O)C(C)CC)c1)NCCNC(=O)C1CC1. The lowest BCUT2D eigenvalue weighted by Gasteiger charge is -2.13. The third-order valence-electron chi connectivity index (χ3n) is 4.68. The molecule has 1 aliphatic carbocycles. The lowest BCUT2D eigenvalue weighted by Crippen LogP contribution is -2.41. The first-order valence-electron chi connectivity index (χ1n) is 10.2. The highest BCUT2D eigenvalue weighted by molar-refractivity contribution is 5.92. The third-order valence-corrected chi connectivity index (χ3v) is 4.68. The molecule has 0 aliphatic heterocycles. The number of rotatable bonds is 10. The van der Waals surface area contributed by atoms with Crippen molar-refractivity contribution in [1.82, 2.24) is 16.0 Å². The summed E-state index contributed by atoms with van der Waals surface area (Å²) in [6.07, 6.45) is 2.84. The topological polar surface area (TPSA) is 94.6 Å². The van der Waals surface area contributed by atoms with Crippen molar-refractivity contribution in [2.75, 3.05) is 25.0 Å². The molecule has 1 unspecified atom stereocenters. The summed E-state index contributed by atoms with van der Waals surface area (Å²) in [6.45, 7) is 8.39. The van der Waals surface area contributed by atoms with Gasteiger partial charge >= 0.3 is 0 Å². The van der Waals surface area contributed by atoms with E-state index in [9.17, 15) is 9.59 Å². The Labute approximate surface area is 167 Å². The van der Waals surface area contributed by atoms with Crippen molar-refractivity contribution in [3.8, 4) is 0 Å². The molecule has 0 bridgehead atoms. The van der Waals surface area contributed by atoms with Gasteiger partial charge in [-0.05, 0) is 43.9 Å². The van der Waals surface area contributed by atoms with E-state index in [1.54, 1.807) is 0 Å². The van der Waals surface area contributed by atoms with Crippen molar-refractivity contribution < 1.29 is 9.59 Å². The fraction of sp³-hybridized carbons (Fsp3) is 0.571. The summed E-state index contributed by atoms with van der Waals surface area (Å²) >= 11 is 0. The van der Waals surface area contributed by atoms with Crippen LogP contribution in [0, 0.1) is 11.8 Å². The summed E-state index contributed by atoms with van der Waals surface area (Å²) in [6, 6.07) is 7.75. The number of nitrogens with one attached hydrogen (secondary N) is 4. The number of carbonyl (C=O) groups excluding carboxylic acids is 2. The minimum Gasteiger partial charge on any atom is -0.357 e. The smallest absolute Gasteiger partial charge is 0.227 e. The van der Waals surface area contributed by atoms with Crippen LogP contribution >= 0.6 is 0 Å². The summed E-state index contributed by atoms with van der Waals surface area (Å²) in [5.41, 5.74) is 1.81. The molecule has 7 nitrogen and oxygen atoms in total. The molecule has 2 rings (SSSR count). The summed E-state index contributed by atoms with van der Waals surface area (Å²) in [4.78, 5) is 28.3. The molecule has 28 heavy (non-hydrogen) atoms. The van der Waals surface area contributed by atoms with Crippen LogP contribution in [0.2, 0.25) is 0 Å². The fourth-order valence-corrected chi connectivity index (χ4v) is 2.57. The molecule has 2 amide bonds. The van der Waals surface area contributed by atoms with Crippen molar-refractivity contribution in [3.05, 3.63) is 29.8 Å². The first kappa shape index (κ1) is 21.7. The molecular formula is C21H33N5O2. The lowest BCUT2D eigenvalue weighted by atomic mass is 10.1. The lowest BCUT2D eigenvalue weighted by molar-refractivity contribution is -0.122. The summed E-state index contributed by atoms with van der Waals surface area (Å²) < 4.78 is 0. The molecule has 1 saturated carbocycles. The number of nitrogens with zero attached hydrogens (tertiary/aromatic N) is 1. The number of carbonyl (C=O) groups is 2. The van der Waals surface area contributed by atoms with Crippen molar-refractivity contribution in [3.63, 3.8) is 0 Å². The Bertz CT molecular complexity index is 685. The Kier molecular flexibility index (Phi) is 8.78. The van der Waals surface area contributed by atoms with E-state index in [0.29, 0.717) is 25.6 Å². The van der Waals surface area contributed by atoms with Crippen LogP contribution in [0.3, 0.4) is 0 Å². The number of aliphatic imine (C=N–C) groups is 1. The van der Waals surface area contributed by atoms with Gasteiger partial charge in [0.15, 0.2) is 5.96 Å². The van der Waals surface area contributed by atoms with Crippen molar-refractivity contribution in [2.24, 2.45) is 16.8 Å². The van der Waals surface area contributed by atoms with Crippen LogP contribution < -0.4 is 21.3 Å². The van der Waals surface area contributed by atoms with Crippen molar-refractivity contribution >= 4 is 23.5 Å². The molecule has 1 atom stereocenters. The molecule has 1 aromatic rings. The predicted molar refractivity (Wildman–Crippen MR) is 113 cm³/mol. The van der Waals surface area contributed by atoms with E-state index in [1.165, 1.54) is 0 Å². The van der Waals surface area contributed by atoms with E-state index in [2.05, 4.69) is 26.3 Å². The standard InChI is InChI=1S/C21H33N5O2/c1-4-15(3)19(27)26-18-8-6-7-16(13-18)14-25-21(22-5-2)24-12-11-23-20(28)17-9-10-17/h6-8,13,15,17H,4-5,9-12,14H2,1-3H3,(H,23,28)(H,26,27)(H2,22,24,25). The Balaban J connectivity index is 1.84. The maximum atomic E-state index is 12.1. The van der Waals surface area contributed by atoms with Gasteiger partial charge in [0.25, 0.3) is 0 Å². The van der Waals surface area contributed by atoms with E-state index in [4.69, 9.17) is 0 Å². The Morgan fingerprint density at radius 2 is 1.89 bits per heavy atom. The second kappa shape index (κ2) is 11.3. The van der Waals surface area contributed by atoms with Gasteiger partial charge in [-0.3, -0.25) is 9.59 Å².